The van der Waals surface area contributed by atoms with Crippen LogP contribution >= 0.6 is 15.9 Å². The SMILES string of the molecule is O=C(C1CCCC(O)C1)N1Cc2ccc(Br)cc2C1. The lowest BCUT2D eigenvalue weighted by Gasteiger charge is -2.28. The Morgan fingerprint density at radius 3 is 2.84 bits per heavy atom. The van der Waals surface area contributed by atoms with Crippen molar-refractivity contribution in [2.24, 2.45) is 5.92 Å². The van der Waals surface area contributed by atoms with Gasteiger partial charge in [-0.25, -0.2) is 0 Å². The number of halogens is 1. The summed E-state index contributed by atoms with van der Waals surface area (Å²) in [6.45, 7) is 1.42. The van der Waals surface area contributed by atoms with Gasteiger partial charge in [-0.1, -0.05) is 28.4 Å². The molecule has 1 amide bonds. The van der Waals surface area contributed by atoms with Crippen LogP contribution in [-0.4, -0.2) is 22.0 Å². The van der Waals surface area contributed by atoms with Crippen molar-refractivity contribution in [2.45, 2.75) is 44.9 Å². The molecule has 0 saturated heterocycles. The van der Waals surface area contributed by atoms with Crippen molar-refractivity contribution in [1.29, 1.82) is 0 Å². The van der Waals surface area contributed by atoms with Crippen molar-refractivity contribution in [2.75, 3.05) is 0 Å². The Morgan fingerprint density at radius 2 is 2.05 bits per heavy atom. The summed E-state index contributed by atoms with van der Waals surface area (Å²) in [6, 6.07) is 6.21. The van der Waals surface area contributed by atoms with E-state index in [9.17, 15) is 9.90 Å². The van der Waals surface area contributed by atoms with Crippen molar-refractivity contribution in [3.05, 3.63) is 33.8 Å². The summed E-state index contributed by atoms with van der Waals surface area (Å²) in [5.74, 6) is 0.229. The number of hydrogen-bond acceptors (Lipinski definition) is 2. The first kappa shape index (κ1) is 13.1. The van der Waals surface area contributed by atoms with Crippen LogP contribution < -0.4 is 0 Å². The summed E-state index contributed by atoms with van der Waals surface area (Å²) in [7, 11) is 0. The first-order valence-corrected chi connectivity index (χ1v) is 7.67. The van der Waals surface area contributed by atoms with Gasteiger partial charge in [-0.05, 0) is 42.5 Å². The molecule has 1 aliphatic carbocycles. The molecular weight excluding hydrogens is 306 g/mol. The lowest BCUT2D eigenvalue weighted by atomic mass is 9.86. The predicted molar refractivity (Wildman–Crippen MR) is 76.4 cm³/mol. The van der Waals surface area contributed by atoms with Gasteiger partial charge in [0.1, 0.15) is 0 Å². The van der Waals surface area contributed by atoms with Gasteiger partial charge in [0.15, 0.2) is 0 Å². The zero-order valence-electron chi connectivity index (χ0n) is 10.8. The number of carbonyl (C=O) groups is 1. The zero-order valence-corrected chi connectivity index (χ0v) is 12.4. The van der Waals surface area contributed by atoms with Gasteiger partial charge >= 0.3 is 0 Å². The molecule has 2 unspecified atom stereocenters. The molecule has 1 aliphatic heterocycles. The van der Waals surface area contributed by atoms with Crippen molar-refractivity contribution in [1.82, 2.24) is 4.90 Å². The third kappa shape index (κ3) is 2.70. The Morgan fingerprint density at radius 1 is 1.26 bits per heavy atom. The zero-order chi connectivity index (χ0) is 13.4. The van der Waals surface area contributed by atoms with Gasteiger partial charge in [0.2, 0.25) is 5.91 Å². The molecule has 1 saturated carbocycles. The van der Waals surface area contributed by atoms with E-state index in [1.807, 2.05) is 11.0 Å². The summed E-state index contributed by atoms with van der Waals surface area (Å²) in [4.78, 5) is 14.4. The van der Waals surface area contributed by atoms with Crippen LogP contribution in [0.3, 0.4) is 0 Å². The molecule has 1 heterocycles. The highest BCUT2D eigenvalue weighted by Gasteiger charge is 2.32. The first-order chi connectivity index (χ1) is 9.13. The van der Waals surface area contributed by atoms with E-state index in [0.717, 1.165) is 23.7 Å². The average molecular weight is 324 g/mol. The number of aliphatic hydroxyl groups is 1. The van der Waals surface area contributed by atoms with Crippen LogP contribution in [0.5, 0.6) is 0 Å². The standard InChI is InChI=1S/C15H18BrNO2/c16-13-5-4-11-8-17(9-12(11)6-13)15(19)10-2-1-3-14(18)7-10/h4-6,10,14,18H,1-3,7-9H2. The van der Waals surface area contributed by atoms with Crippen molar-refractivity contribution >= 4 is 21.8 Å². The summed E-state index contributed by atoms with van der Waals surface area (Å²) < 4.78 is 1.06. The molecule has 3 rings (SSSR count). The maximum Gasteiger partial charge on any atom is 0.226 e. The van der Waals surface area contributed by atoms with E-state index in [1.165, 1.54) is 11.1 Å². The quantitative estimate of drug-likeness (QED) is 0.863. The Labute approximate surface area is 121 Å². The normalized spacial score (nSPS) is 26.3. The topological polar surface area (TPSA) is 40.5 Å². The third-order valence-electron chi connectivity index (χ3n) is 4.20. The molecule has 1 fully saturated rings. The van der Waals surface area contributed by atoms with E-state index in [4.69, 9.17) is 0 Å². The number of aliphatic hydroxyl groups excluding tert-OH is 1. The van der Waals surface area contributed by atoms with E-state index in [0.29, 0.717) is 19.5 Å². The van der Waals surface area contributed by atoms with Gasteiger partial charge < -0.3 is 10.0 Å². The van der Waals surface area contributed by atoms with Gasteiger partial charge in [-0.2, -0.15) is 0 Å². The highest BCUT2D eigenvalue weighted by atomic mass is 79.9. The molecule has 1 N–H and O–H groups in total. The Kier molecular flexibility index (Phi) is 3.63. The molecule has 0 radical (unpaired) electrons. The third-order valence-corrected chi connectivity index (χ3v) is 4.69. The van der Waals surface area contributed by atoms with Crippen molar-refractivity contribution in [3.8, 4) is 0 Å². The number of amides is 1. The van der Waals surface area contributed by atoms with Crippen LogP contribution in [0.25, 0.3) is 0 Å². The monoisotopic (exact) mass is 323 g/mol. The van der Waals surface area contributed by atoms with Gasteiger partial charge in [0.05, 0.1) is 6.10 Å². The molecule has 0 spiro atoms. The average Bonchev–Trinajstić information content (AvgIpc) is 2.80. The number of benzene rings is 1. The maximum absolute atomic E-state index is 12.5. The van der Waals surface area contributed by atoms with E-state index in [1.54, 1.807) is 0 Å². The lowest BCUT2D eigenvalue weighted by molar-refractivity contribution is -0.138. The molecule has 0 aromatic heterocycles. The molecule has 19 heavy (non-hydrogen) atoms. The fourth-order valence-electron chi connectivity index (χ4n) is 3.17. The van der Waals surface area contributed by atoms with E-state index >= 15 is 0 Å². The van der Waals surface area contributed by atoms with Crippen LogP contribution in [0.2, 0.25) is 0 Å². The van der Waals surface area contributed by atoms with E-state index in [2.05, 4.69) is 28.1 Å². The minimum atomic E-state index is -0.290. The van der Waals surface area contributed by atoms with Crippen LogP contribution in [0, 0.1) is 5.92 Å². The van der Waals surface area contributed by atoms with Crippen molar-refractivity contribution < 1.29 is 9.90 Å². The van der Waals surface area contributed by atoms with Crippen molar-refractivity contribution in [3.63, 3.8) is 0 Å². The number of hydrogen-bond donors (Lipinski definition) is 1. The van der Waals surface area contributed by atoms with E-state index in [-0.39, 0.29) is 17.9 Å². The van der Waals surface area contributed by atoms with Crippen LogP contribution in [0.15, 0.2) is 22.7 Å². The fourth-order valence-corrected chi connectivity index (χ4v) is 3.57. The molecule has 2 aliphatic rings. The lowest BCUT2D eigenvalue weighted by Crippen LogP contribution is -2.35. The van der Waals surface area contributed by atoms with Crippen LogP contribution in [0.1, 0.15) is 36.8 Å². The number of carbonyl (C=O) groups excluding carboxylic acids is 1. The molecule has 2 atom stereocenters. The highest BCUT2D eigenvalue weighted by Crippen LogP contribution is 2.31. The minimum Gasteiger partial charge on any atom is -0.393 e. The second-order valence-corrected chi connectivity index (χ2v) is 6.54. The summed E-state index contributed by atoms with van der Waals surface area (Å²) in [6.07, 6.45) is 3.07. The molecule has 102 valence electrons. The van der Waals surface area contributed by atoms with Gasteiger partial charge in [-0.3, -0.25) is 4.79 Å². The number of fused-ring (bicyclic) bond motifs is 1. The molecule has 1 aromatic carbocycles. The summed E-state index contributed by atoms with van der Waals surface area (Å²) >= 11 is 3.47. The largest absolute Gasteiger partial charge is 0.393 e. The smallest absolute Gasteiger partial charge is 0.226 e. The number of rotatable bonds is 1. The van der Waals surface area contributed by atoms with Gasteiger partial charge in [0, 0.05) is 23.5 Å². The Hall–Kier alpha value is -0.870. The van der Waals surface area contributed by atoms with Gasteiger partial charge in [0.25, 0.3) is 0 Å². The molecule has 3 nitrogen and oxygen atoms in total. The molecule has 1 aromatic rings. The van der Waals surface area contributed by atoms with Gasteiger partial charge in [-0.15, -0.1) is 0 Å². The van der Waals surface area contributed by atoms with E-state index < -0.39 is 0 Å². The first-order valence-electron chi connectivity index (χ1n) is 6.87. The second kappa shape index (κ2) is 5.25. The molecule has 4 heteroatoms. The fraction of sp³-hybridized carbons (Fsp3) is 0.533. The highest BCUT2D eigenvalue weighted by molar-refractivity contribution is 9.10. The maximum atomic E-state index is 12.5. The predicted octanol–water partition coefficient (Wildman–Crippen LogP) is 2.84. The molecular formula is C15H18BrNO2. The Balaban J connectivity index is 1.70. The van der Waals surface area contributed by atoms with Crippen LogP contribution in [0.4, 0.5) is 0 Å². The molecule has 0 bridgehead atoms. The summed E-state index contributed by atoms with van der Waals surface area (Å²) in [5.41, 5.74) is 2.48. The second-order valence-electron chi connectivity index (χ2n) is 5.62. The Bertz CT molecular complexity index is 503. The van der Waals surface area contributed by atoms with Crippen LogP contribution in [-0.2, 0) is 17.9 Å². The minimum absolute atomic E-state index is 0.0153. The number of nitrogens with zero attached hydrogens (tertiary/aromatic N) is 1. The summed E-state index contributed by atoms with van der Waals surface area (Å²) in [5, 5.41) is 9.70.